The lowest BCUT2D eigenvalue weighted by Crippen LogP contribution is -2.43. The van der Waals surface area contributed by atoms with Crippen LogP contribution in [-0.2, 0) is 19.4 Å². The van der Waals surface area contributed by atoms with Crippen molar-refractivity contribution < 1.29 is 22.7 Å². The Balaban J connectivity index is 1.71. The molecule has 0 bridgehead atoms. The summed E-state index contributed by atoms with van der Waals surface area (Å²) in [5.41, 5.74) is 0.777. The van der Waals surface area contributed by atoms with E-state index in [4.69, 9.17) is 16.3 Å². The molecule has 9 heteroatoms. The third-order valence-corrected chi connectivity index (χ3v) is 6.49. The first-order valence-corrected chi connectivity index (χ1v) is 10.7. The van der Waals surface area contributed by atoms with Crippen molar-refractivity contribution in [3.63, 3.8) is 0 Å². The Kier molecular flexibility index (Phi) is 5.67. The van der Waals surface area contributed by atoms with E-state index in [1.165, 1.54) is 11.0 Å². The minimum Gasteiger partial charge on any atom is -0.452 e. The fourth-order valence-electron chi connectivity index (χ4n) is 3.26. The zero-order valence-electron chi connectivity index (χ0n) is 14.7. The molecule has 3 rings (SSSR count). The van der Waals surface area contributed by atoms with Crippen LogP contribution in [0.3, 0.4) is 0 Å². The molecule has 1 amide bonds. The Hall–Kier alpha value is -2.19. The van der Waals surface area contributed by atoms with Crippen LogP contribution in [0.1, 0.15) is 23.7 Å². The molecule has 0 aliphatic carbocycles. The van der Waals surface area contributed by atoms with Crippen LogP contribution >= 0.6 is 11.6 Å². The van der Waals surface area contributed by atoms with Crippen LogP contribution in [0, 0.1) is 0 Å². The number of halogens is 1. The van der Waals surface area contributed by atoms with Crippen molar-refractivity contribution in [3.8, 4) is 0 Å². The molecule has 1 saturated heterocycles. The van der Waals surface area contributed by atoms with Gasteiger partial charge in [0.2, 0.25) is 0 Å². The van der Waals surface area contributed by atoms with Gasteiger partial charge in [-0.15, -0.1) is 0 Å². The van der Waals surface area contributed by atoms with Gasteiger partial charge in [0.25, 0.3) is 5.91 Å². The van der Waals surface area contributed by atoms with Gasteiger partial charge in [-0.1, -0.05) is 29.8 Å². The van der Waals surface area contributed by atoms with Gasteiger partial charge in [0.1, 0.15) is 5.15 Å². The van der Waals surface area contributed by atoms with Gasteiger partial charge in [0.15, 0.2) is 16.4 Å². The summed E-state index contributed by atoms with van der Waals surface area (Å²) in [4.78, 5) is 30.5. The first-order chi connectivity index (χ1) is 12.8. The molecule has 1 fully saturated rings. The predicted molar refractivity (Wildman–Crippen MR) is 101 cm³/mol. The second-order valence-electron chi connectivity index (χ2n) is 6.32. The van der Waals surface area contributed by atoms with Crippen LogP contribution in [0.2, 0.25) is 5.15 Å². The zero-order chi connectivity index (χ0) is 19.6. The number of benzene rings is 1. The normalized spacial score (nSPS) is 18.4. The van der Waals surface area contributed by atoms with Crippen LogP contribution in [0.25, 0.3) is 10.9 Å². The summed E-state index contributed by atoms with van der Waals surface area (Å²) in [5, 5.41) is 0.729. The summed E-state index contributed by atoms with van der Waals surface area (Å²) in [6, 6.07) is 8.01. The maximum absolute atomic E-state index is 12.5. The lowest BCUT2D eigenvalue weighted by molar-refractivity contribution is -0.136. The second-order valence-corrected chi connectivity index (χ2v) is 8.94. The van der Waals surface area contributed by atoms with Crippen molar-refractivity contribution in [2.24, 2.45) is 0 Å². The SMILES string of the molecule is CCN(C(=O)COC(=O)c1cc(Cl)nc2ccccc12)[C@H]1CCS(=O)(=O)C1. The number of aromatic nitrogens is 1. The van der Waals surface area contributed by atoms with Crippen LogP contribution < -0.4 is 0 Å². The molecule has 0 unspecified atom stereocenters. The number of fused-ring (bicyclic) bond motifs is 1. The number of carbonyl (C=O) groups is 2. The number of carbonyl (C=O) groups excluding carboxylic acids is 2. The van der Waals surface area contributed by atoms with Crippen LogP contribution in [-0.4, -0.2) is 60.9 Å². The number of hydrogen-bond acceptors (Lipinski definition) is 6. The molecule has 2 aromatic rings. The smallest absolute Gasteiger partial charge is 0.339 e. The first kappa shape index (κ1) is 19.6. The number of amides is 1. The molecule has 1 aliphatic heterocycles. The van der Waals surface area contributed by atoms with Gasteiger partial charge in [-0.3, -0.25) is 4.79 Å². The summed E-state index contributed by atoms with van der Waals surface area (Å²) in [6.45, 7) is 1.65. The largest absolute Gasteiger partial charge is 0.452 e. The Morgan fingerprint density at radius 1 is 1.33 bits per heavy atom. The lowest BCUT2D eigenvalue weighted by Gasteiger charge is -2.26. The number of rotatable bonds is 5. The van der Waals surface area contributed by atoms with Crippen molar-refractivity contribution in [2.75, 3.05) is 24.7 Å². The van der Waals surface area contributed by atoms with E-state index in [1.807, 2.05) is 0 Å². The fourth-order valence-corrected chi connectivity index (χ4v) is 5.19. The summed E-state index contributed by atoms with van der Waals surface area (Å²) >= 11 is 5.97. The Morgan fingerprint density at radius 3 is 2.74 bits per heavy atom. The number of esters is 1. The number of likely N-dealkylation sites (N-methyl/N-ethyl adjacent to an activating group) is 1. The van der Waals surface area contributed by atoms with E-state index in [9.17, 15) is 18.0 Å². The quantitative estimate of drug-likeness (QED) is 0.553. The summed E-state index contributed by atoms with van der Waals surface area (Å²) in [7, 11) is -3.11. The highest BCUT2D eigenvalue weighted by molar-refractivity contribution is 7.91. The average Bonchev–Trinajstić information content (AvgIpc) is 2.99. The Labute approximate surface area is 162 Å². The van der Waals surface area contributed by atoms with Crippen molar-refractivity contribution in [3.05, 3.63) is 41.0 Å². The highest BCUT2D eigenvalue weighted by Gasteiger charge is 2.34. The maximum Gasteiger partial charge on any atom is 0.339 e. The fraction of sp³-hybridized carbons (Fsp3) is 0.389. The maximum atomic E-state index is 12.5. The number of sulfone groups is 1. The third kappa shape index (κ3) is 4.39. The molecule has 7 nitrogen and oxygen atoms in total. The van der Waals surface area contributed by atoms with Crippen molar-refractivity contribution in [1.82, 2.24) is 9.88 Å². The molecule has 1 atom stereocenters. The van der Waals surface area contributed by atoms with Gasteiger partial charge < -0.3 is 9.64 Å². The zero-order valence-corrected chi connectivity index (χ0v) is 16.3. The van der Waals surface area contributed by atoms with E-state index in [-0.39, 0.29) is 28.3 Å². The van der Waals surface area contributed by atoms with E-state index < -0.39 is 28.3 Å². The highest BCUT2D eigenvalue weighted by Crippen LogP contribution is 2.22. The van der Waals surface area contributed by atoms with E-state index in [0.717, 1.165) is 0 Å². The lowest BCUT2D eigenvalue weighted by atomic mass is 10.1. The molecule has 0 N–H and O–H groups in total. The number of nitrogens with zero attached hydrogens (tertiary/aromatic N) is 2. The average molecular weight is 411 g/mol. The molecular formula is C18H19ClN2O5S. The molecule has 27 heavy (non-hydrogen) atoms. The molecular weight excluding hydrogens is 392 g/mol. The molecule has 0 saturated carbocycles. The second kappa shape index (κ2) is 7.82. The monoisotopic (exact) mass is 410 g/mol. The molecule has 144 valence electrons. The molecule has 0 radical (unpaired) electrons. The summed E-state index contributed by atoms with van der Waals surface area (Å²) < 4.78 is 28.5. The van der Waals surface area contributed by atoms with Gasteiger partial charge in [-0.25, -0.2) is 18.2 Å². The number of pyridine rings is 1. The van der Waals surface area contributed by atoms with E-state index in [2.05, 4.69) is 4.98 Å². The van der Waals surface area contributed by atoms with Gasteiger partial charge in [-0.2, -0.15) is 0 Å². The number of para-hydroxylation sites is 1. The third-order valence-electron chi connectivity index (χ3n) is 4.54. The van der Waals surface area contributed by atoms with E-state index in [1.54, 1.807) is 31.2 Å². The van der Waals surface area contributed by atoms with E-state index >= 15 is 0 Å². The van der Waals surface area contributed by atoms with Crippen LogP contribution in [0.4, 0.5) is 0 Å². The minimum absolute atomic E-state index is 0.0505. The van der Waals surface area contributed by atoms with Crippen LogP contribution in [0.5, 0.6) is 0 Å². The van der Waals surface area contributed by atoms with Gasteiger partial charge >= 0.3 is 5.97 Å². The summed E-state index contributed by atoms with van der Waals surface area (Å²) in [5.74, 6) is -1.08. The molecule has 1 aliphatic rings. The standard InChI is InChI=1S/C18H19ClN2O5S/c1-2-21(12-7-8-27(24,25)11-12)17(22)10-26-18(23)14-9-16(19)20-15-6-4-3-5-13(14)15/h3-6,9,12H,2,7-8,10-11H2,1H3/t12-/m0/s1. The van der Waals surface area contributed by atoms with Gasteiger partial charge in [-0.05, 0) is 25.5 Å². The predicted octanol–water partition coefficient (Wildman–Crippen LogP) is 2.08. The highest BCUT2D eigenvalue weighted by atomic mass is 35.5. The minimum atomic E-state index is -3.11. The molecule has 2 heterocycles. The van der Waals surface area contributed by atoms with Crippen molar-refractivity contribution in [1.29, 1.82) is 0 Å². The van der Waals surface area contributed by atoms with Crippen molar-refractivity contribution >= 4 is 44.2 Å². The van der Waals surface area contributed by atoms with Crippen molar-refractivity contribution in [2.45, 2.75) is 19.4 Å². The van der Waals surface area contributed by atoms with Crippen LogP contribution in [0.15, 0.2) is 30.3 Å². The first-order valence-electron chi connectivity index (χ1n) is 8.53. The molecule has 1 aromatic carbocycles. The van der Waals surface area contributed by atoms with E-state index in [0.29, 0.717) is 23.9 Å². The number of ether oxygens (including phenoxy) is 1. The number of hydrogen-bond donors (Lipinski definition) is 0. The molecule has 1 aromatic heterocycles. The van der Waals surface area contributed by atoms with Gasteiger partial charge in [0, 0.05) is 18.0 Å². The molecule has 0 spiro atoms. The Morgan fingerprint density at radius 2 is 2.07 bits per heavy atom. The Bertz CT molecular complexity index is 992. The summed E-state index contributed by atoms with van der Waals surface area (Å²) in [6.07, 6.45) is 0.403. The topological polar surface area (TPSA) is 93.6 Å². The van der Waals surface area contributed by atoms with Gasteiger partial charge in [0.05, 0.1) is 22.6 Å².